The highest BCUT2D eigenvalue weighted by molar-refractivity contribution is 5.84. The molecule has 0 radical (unpaired) electrons. The third-order valence-corrected chi connectivity index (χ3v) is 8.37. The summed E-state index contributed by atoms with van der Waals surface area (Å²) in [6, 6.07) is 18.4. The Bertz CT molecular complexity index is 1330. The zero-order chi connectivity index (χ0) is 27.6. The number of benzene rings is 3. The van der Waals surface area contributed by atoms with Crippen LogP contribution in [0.2, 0.25) is 0 Å². The molecule has 200 valence electrons. The van der Waals surface area contributed by atoms with Crippen molar-refractivity contribution in [2.45, 2.75) is 86.6 Å². The maximum absolute atomic E-state index is 4.13. The van der Waals surface area contributed by atoms with E-state index >= 15 is 0 Å². The van der Waals surface area contributed by atoms with Gasteiger partial charge in [-0.3, -0.25) is 4.99 Å². The van der Waals surface area contributed by atoms with Crippen LogP contribution in [-0.4, -0.2) is 6.72 Å². The van der Waals surface area contributed by atoms with E-state index in [1.807, 2.05) is 6.20 Å². The SMILES string of the molecule is C=N/C=C\N(Cc1ccc(C)cc1C[C@H](C)C(C)C)c1c(C(C)C)cc2c(c1C(C)C)Cc1ccccc1-2. The number of rotatable bonds is 10. The minimum atomic E-state index is 0.395. The second-order valence-electron chi connectivity index (χ2n) is 12.2. The third-order valence-electron chi connectivity index (χ3n) is 8.37. The summed E-state index contributed by atoms with van der Waals surface area (Å²) in [4.78, 5) is 6.59. The molecule has 0 saturated heterocycles. The van der Waals surface area contributed by atoms with Gasteiger partial charge in [0.15, 0.2) is 0 Å². The Balaban J connectivity index is 1.90. The van der Waals surface area contributed by atoms with E-state index in [-0.39, 0.29) is 0 Å². The molecule has 0 N–H and O–H groups in total. The van der Waals surface area contributed by atoms with Crippen molar-refractivity contribution >= 4 is 12.4 Å². The molecular formula is C36H46N2. The van der Waals surface area contributed by atoms with Gasteiger partial charge < -0.3 is 4.90 Å². The number of nitrogens with zero attached hydrogens (tertiary/aromatic N) is 2. The number of aliphatic imine (C=N–C) groups is 1. The van der Waals surface area contributed by atoms with E-state index in [0.717, 1.165) is 19.4 Å². The van der Waals surface area contributed by atoms with Crippen LogP contribution >= 0.6 is 0 Å². The van der Waals surface area contributed by atoms with Crippen molar-refractivity contribution in [2.75, 3.05) is 4.90 Å². The van der Waals surface area contributed by atoms with E-state index in [0.29, 0.717) is 23.7 Å². The first kappa shape index (κ1) is 27.9. The first-order valence-electron chi connectivity index (χ1n) is 14.4. The lowest BCUT2D eigenvalue weighted by Gasteiger charge is -2.32. The van der Waals surface area contributed by atoms with Crippen LogP contribution in [0.3, 0.4) is 0 Å². The van der Waals surface area contributed by atoms with E-state index in [2.05, 4.69) is 127 Å². The molecule has 0 spiro atoms. The highest BCUT2D eigenvalue weighted by atomic mass is 15.1. The fraction of sp³-hybridized carbons (Fsp3) is 0.417. The monoisotopic (exact) mass is 506 g/mol. The Morgan fingerprint density at radius 3 is 2.29 bits per heavy atom. The molecule has 0 bridgehead atoms. The summed E-state index contributed by atoms with van der Waals surface area (Å²) < 4.78 is 0. The van der Waals surface area contributed by atoms with Crippen molar-refractivity contribution in [1.29, 1.82) is 0 Å². The van der Waals surface area contributed by atoms with Gasteiger partial charge in [0.2, 0.25) is 0 Å². The van der Waals surface area contributed by atoms with Crippen molar-refractivity contribution in [1.82, 2.24) is 0 Å². The molecule has 1 aliphatic carbocycles. The van der Waals surface area contributed by atoms with Gasteiger partial charge in [-0.2, -0.15) is 0 Å². The summed E-state index contributed by atoms with van der Waals surface area (Å²) in [5.41, 5.74) is 14.2. The highest BCUT2D eigenvalue weighted by Crippen LogP contribution is 2.48. The topological polar surface area (TPSA) is 15.6 Å². The van der Waals surface area contributed by atoms with Crippen LogP contribution < -0.4 is 4.90 Å². The first-order valence-corrected chi connectivity index (χ1v) is 14.4. The van der Waals surface area contributed by atoms with Crippen LogP contribution in [0.5, 0.6) is 0 Å². The Morgan fingerprint density at radius 1 is 0.895 bits per heavy atom. The lowest BCUT2D eigenvalue weighted by atomic mass is 9.84. The Kier molecular flexibility index (Phi) is 8.61. The van der Waals surface area contributed by atoms with Gasteiger partial charge in [0.25, 0.3) is 0 Å². The zero-order valence-electron chi connectivity index (χ0n) is 24.8. The molecule has 3 aromatic rings. The molecule has 0 aromatic heterocycles. The fourth-order valence-corrected chi connectivity index (χ4v) is 5.89. The molecule has 2 nitrogen and oxygen atoms in total. The molecule has 0 fully saturated rings. The zero-order valence-corrected chi connectivity index (χ0v) is 24.8. The van der Waals surface area contributed by atoms with Crippen molar-refractivity contribution in [3.63, 3.8) is 0 Å². The molecule has 0 saturated carbocycles. The molecule has 1 aliphatic rings. The van der Waals surface area contributed by atoms with E-state index in [1.54, 1.807) is 0 Å². The van der Waals surface area contributed by atoms with Crippen molar-refractivity contribution in [2.24, 2.45) is 16.8 Å². The van der Waals surface area contributed by atoms with Gasteiger partial charge in [-0.05, 0) is 101 Å². The molecule has 1 atom stereocenters. The number of hydrogen-bond donors (Lipinski definition) is 0. The van der Waals surface area contributed by atoms with Crippen molar-refractivity contribution in [3.05, 3.63) is 99.9 Å². The average Bonchev–Trinajstić information content (AvgIpc) is 3.24. The highest BCUT2D eigenvalue weighted by Gasteiger charge is 2.29. The molecule has 2 heteroatoms. The normalized spacial score (nSPS) is 13.4. The number of hydrogen-bond acceptors (Lipinski definition) is 2. The summed E-state index contributed by atoms with van der Waals surface area (Å²) in [7, 11) is 0. The Hall–Kier alpha value is -3.13. The van der Waals surface area contributed by atoms with Crippen LogP contribution in [0.1, 0.15) is 99.2 Å². The number of anilines is 1. The van der Waals surface area contributed by atoms with Crippen molar-refractivity contribution < 1.29 is 0 Å². The van der Waals surface area contributed by atoms with E-state index in [4.69, 9.17) is 0 Å². The minimum Gasteiger partial charge on any atom is -0.342 e. The lowest BCUT2D eigenvalue weighted by molar-refractivity contribution is 0.416. The predicted molar refractivity (Wildman–Crippen MR) is 167 cm³/mol. The van der Waals surface area contributed by atoms with Crippen LogP contribution in [-0.2, 0) is 19.4 Å². The first-order chi connectivity index (χ1) is 18.1. The molecule has 0 aliphatic heterocycles. The summed E-state index contributed by atoms with van der Waals surface area (Å²) in [6.07, 6.45) is 6.09. The van der Waals surface area contributed by atoms with Crippen LogP contribution in [0.15, 0.2) is 65.9 Å². The molecule has 4 rings (SSSR count). The van der Waals surface area contributed by atoms with Gasteiger partial charge in [-0.1, -0.05) is 96.5 Å². The summed E-state index contributed by atoms with van der Waals surface area (Å²) in [5.74, 6) is 2.08. The Labute approximate surface area is 231 Å². The molecule has 0 heterocycles. The van der Waals surface area contributed by atoms with Gasteiger partial charge in [-0.25, -0.2) is 0 Å². The molecule has 0 unspecified atom stereocenters. The molecule has 3 aromatic carbocycles. The van der Waals surface area contributed by atoms with Gasteiger partial charge in [0.1, 0.15) is 0 Å². The predicted octanol–water partition coefficient (Wildman–Crippen LogP) is 9.83. The third kappa shape index (κ3) is 5.65. The van der Waals surface area contributed by atoms with E-state index < -0.39 is 0 Å². The average molecular weight is 507 g/mol. The van der Waals surface area contributed by atoms with Crippen LogP contribution in [0.25, 0.3) is 11.1 Å². The largest absolute Gasteiger partial charge is 0.342 e. The number of aryl methyl sites for hydroxylation is 1. The Morgan fingerprint density at radius 2 is 1.63 bits per heavy atom. The van der Waals surface area contributed by atoms with Crippen LogP contribution in [0, 0.1) is 18.8 Å². The standard InChI is InChI=1S/C36H46N2/c1-23(2)27(8)19-30-18-26(7)14-15-29(30)22-38(17-16-37-9)36-32(24(3)4)21-33-31-13-11-10-12-28(31)20-34(33)35(36)25(5)6/h10-18,21,23-25,27H,9,19-20,22H2,1-8H3/b17-16-/t27-/m0/s1. The van der Waals surface area contributed by atoms with Gasteiger partial charge >= 0.3 is 0 Å². The maximum Gasteiger partial charge on any atom is 0.0483 e. The maximum atomic E-state index is 4.13. The second-order valence-corrected chi connectivity index (χ2v) is 12.2. The second kappa shape index (κ2) is 11.7. The van der Waals surface area contributed by atoms with Gasteiger partial charge in [0, 0.05) is 24.6 Å². The summed E-state index contributed by atoms with van der Waals surface area (Å²) >= 11 is 0. The minimum absolute atomic E-state index is 0.395. The summed E-state index contributed by atoms with van der Waals surface area (Å²) in [6.45, 7) is 23.2. The molecular weight excluding hydrogens is 460 g/mol. The smallest absolute Gasteiger partial charge is 0.0483 e. The van der Waals surface area contributed by atoms with Crippen LogP contribution in [0.4, 0.5) is 5.69 Å². The van der Waals surface area contributed by atoms with Gasteiger partial charge in [-0.15, -0.1) is 0 Å². The van der Waals surface area contributed by atoms with Crippen molar-refractivity contribution in [3.8, 4) is 11.1 Å². The fourth-order valence-electron chi connectivity index (χ4n) is 5.89. The number of fused-ring (bicyclic) bond motifs is 3. The van der Waals surface area contributed by atoms with E-state index in [9.17, 15) is 0 Å². The quantitative estimate of drug-likeness (QED) is 0.195. The molecule has 38 heavy (non-hydrogen) atoms. The van der Waals surface area contributed by atoms with E-state index in [1.165, 1.54) is 55.8 Å². The molecule has 0 amide bonds. The van der Waals surface area contributed by atoms with Gasteiger partial charge in [0.05, 0.1) is 0 Å². The summed E-state index contributed by atoms with van der Waals surface area (Å²) in [5, 5.41) is 0. The lowest BCUT2D eigenvalue weighted by Crippen LogP contribution is -2.22.